The molecule has 0 atom stereocenters. The maximum Gasteiger partial charge on any atom is 0.213 e. The molecule has 3 aromatic rings. The minimum atomic E-state index is -4.13. The van der Waals surface area contributed by atoms with Crippen LogP contribution < -0.4 is 4.57 Å². The Labute approximate surface area is 160 Å². The molecule has 0 saturated carbocycles. The molecule has 27 heavy (non-hydrogen) atoms. The highest BCUT2D eigenvalue weighted by Crippen LogP contribution is 2.18. The molecule has 0 aliphatic carbocycles. The third-order valence-electron chi connectivity index (χ3n) is 4.53. The van der Waals surface area contributed by atoms with Crippen molar-refractivity contribution >= 4 is 33.2 Å². The Morgan fingerprint density at radius 2 is 1.70 bits per heavy atom. The Bertz CT molecular complexity index is 1050. The molecular weight excluding hydrogens is 358 g/mol. The highest BCUT2D eigenvalue weighted by molar-refractivity contribution is 7.85. The molecule has 0 aliphatic heterocycles. The lowest BCUT2D eigenvalue weighted by Crippen LogP contribution is -2.34. The first kappa shape index (κ1) is 19.3. The van der Waals surface area contributed by atoms with Gasteiger partial charge in [0.15, 0.2) is 6.20 Å². The lowest BCUT2D eigenvalue weighted by atomic mass is 10.1. The number of benzene rings is 2. The standard InChI is InChI=1S/C22H23NO3S/c1-18-8-10-19(11-9-18)12-13-20-14-16-23(15-4-5-17-27(24,25)26)22-7-3-2-6-21(20)22/h2-3,6-14,16H,4-5,15,17H2,1H3/b13-12+. The van der Waals surface area contributed by atoms with Crippen molar-refractivity contribution in [1.82, 2.24) is 0 Å². The van der Waals surface area contributed by atoms with E-state index >= 15 is 0 Å². The summed E-state index contributed by atoms with van der Waals surface area (Å²) < 4.78 is 34.3. The maximum absolute atomic E-state index is 10.7. The van der Waals surface area contributed by atoms with Gasteiger partial charge < -0.3 is 4.55 Å². The molecule has 0 unspecified atom stereocenters. The Morgan fingerprint density at radius 1 is 0.963 bits per heavy atom. The highest BCUT2D eigenvalue weighted by atomic mass is 32.2. The van der Waals surface area contributed by atoms with Gasteiger partial charge in [0.25, 0.3) is 0 Å². The van der Waals surface area contributed by atoms with Gasteiger partial charge in [0, 0.05) is 24.3 Å². The van der Waals surface area contributed by atoms with Crippen LogP contribution in [0.25, 0.3) is 23.1 Å². The van der Waals surface area contributed by atoms with Crippen molar-refractivity contribution in [2.75, 3.05) is 5.75 Å². The van der Waals surface area contributed by atoms with Crippen molar-refractivity contribution < 1.29 is 17.5 Å². The van der Waals surface area contributed by atoms with Gasteiger partial charge in [-0.05, 0) is 30.5 Å². The highest BCUT2D eigenvalue weighted by Gasteiger charge is 2.11. The molecule has 3 rings (SSSR count). The third-order valence-corrected chi connectivity index (χ3v) is 5.32. The quantitative estimate of drug-likeness (QED) is 0.354. The first-order valence-electron chi connectivity index (χ1n) is 9.02. The van der Waals surface area contributed by atoms with E-state index in [4.69, 9.17) is 0 Å². The summed E-state index contributed by atoms with van der Waals surface area (Å²) >= 11 is 0. The van der Waals surface area contributed by atoms with Crippen molar-refractivity contribution in [3.05, 3.63) is 77.5 Å². The van der Waals surface area contributed by atoms with Crippen molar-refractivity contribution in [1.29, 1.82) is 0 Å². The van der Waals surface area contributed by atoms with Crippen LogP contribution in [-0.2, 0) is 16.7 Å². The van der Waals surface area contributed by atoms with Crippen molar-refractivity contribution in [3.63, 3.8) is 0 Å². The summed E-state index contributed by atoms with van der Waals surface area (Å²) in [5.74, 6) is -0.303. The van der Waals surface area contributed by atoms with Gasteiger partial charge in [0.1, 0.15) is 6.54 Å². The predicted octanol–water partition coefficient (Wildman–Crippen LogP) is 3.93. The fourth-order valence-electron chi connectivity index (χ4n) is 3.07. The number of fused-ring (bicyclic) bond motifs is 1. The number of aryl methyl sites for hydroxylation is 2. The first-order valence-corrected chi connectivity index (χ1v) is 10.6. The van der Waals surface area contributed by atoms with E-state index < -0.39 is 10.1 Å². The van der Waals surface area contributed by atoms with Crippen LogP contribution in [0, 0.1) is 6.92 Å². The van der Waals surface area contributed by atoms with E-state index in [1.165, 1.54) is 5.56 Å². The fourth-order valence-corrected chi connectivity index (χ4v) is 3.63. The minimum Gasteiger partial charge on any atom is -0.748 e. The Kier molecular flexibility index (Phi) is 6.04. The van der Waals surface area contributed by atoms with Gasteiger partial charge in [-0.3, -0.25) is 0 Å². The molecule has 0 amide bonds. The van der Waals surface area contributed by atoms with Gasteiger partial charge >= 0.3 is 0 Å². The third kappa shape index (κ3) is 5.49. The van der Waals surface area contributed by atoms with E-state index in [1.54, 1.807) is 0 Å². The van der Waals surface area contributed by atoms with Crippen LogP contribution in [-0.4, -0.2) is 18.7 Å². The number of aromatic nitrogens is 1. The van der Waals surface area contributed by atoms with Crippen LogP contribution in [0.15, 0.2) is 60.8 Å². The van der Waals surface area contributed by atoms with Crippen LogP contribution in [0.3, 0.4) is 0 Å². The summed E-state index contributed by atoms with van der Waals surface area (Å²) in [5, 5.41) is 1.14. The van der Waals surface area contributed by atoms with E-state index in [0.29, 0.717) is 19.4 Å². The molecule has 5 heteroatoms. The van der Waals surface area contributed by atoms with E-state index in [1.807, 2.05) is 18.3 Å². The number of nitrogens with zero attached hydrogens (tertiary/aromatic N) is 1. The summed E-state index contributed by atoms with van der Waals surface area (Å²) in [4.78, 5) is 0. The van der Waals surface area contributed by atoms with Gasteiger partial charge in [-0.2, -0.15) is 4.57 Å². The van der Waals surface area contributed by atoms with Crippen LogP contribution >= 0.6 is 0 Å². The molecule has 1 aromatic heterocycles. The maximum atomic E-state index is 10.7. The summed E-state index contributed by atoms with van der Waals surface area (Å²) in [6.07, 6.45) is 7.26. The number of hydrogen-bond acceptors (Lipinski definition) is 3. The van der Waals surface area contributed by atoms with Gasteiger partial charge in [0.05, 0.1) is 15.5 Å². The molecule has 1 heterocycles. The summed E-state index contributed by atoms with van der Waals surface area (Å²) in [5.41, 5.74) is 4.61. The smallest absolute Gasteiger partial charge is 0.213 e. The van der Waals surface area contributed by atoms with E-state index in [-0.39, 0.29) is 5.75 Å². The van der Waals surface area contributed by atoms with Crippen LogP contribution in [0.5, 0.6) is 0 Å². The Morgan fingerprint density at radius 3 is 2.44 bits per heavy atom. The number of rotatable bonds is 7. The lowest BCUT2D eigenvalue weighted by molar-refractivity contribution is -0.671. The molecule has 0 spiro atoms. The molecule has 0 radical (unpaired) electrons. The molecule has 0 N–H and O–H groups in total. The van der Waals surface area contributed by atoms with Crippen LogP contribution in [0.1, 0.15) is 29.5 Å². The second kappa shape index (κ2) is 8.46. The second-order valence-electron chi connectivity index (χ2n) is 6.69. The van der Waals surface area contributed by atoms with Crippen LogP contribution in [0.2, 0.25) is 0 Å². The minimum absolute atomic E-state index is 0.303. The molecule has 0 saturated heterocycles. The predicted molar refractivity (Wildman–Crippen MR) is 108 cm³/mol. The van der Waals surface area contributed by atoms with Crippen molar-refractivity contribution in [3.8, 4) is 0 Å². The van der Waals surface area contributed by atoms with Crippen LogP contribution in [0.4, 0.5) is 0 Å². The largest absolute Gasteiger partial charge is 0.748 e. The summed E-state index contributed by atoms with van der Waals surface area (Å²) in [6, 6.07) is 18.6. The topological polar surface area (TPSA) is 61.1 Å². The molecule has 4 nitrogen and oxygen atoms in total. The Hall–Kier alpha value is -2.50. The molecule has 2 aromatic carbocycles. The Balaban J connectivity index is 1.81. The average Bonchev–Trinajstić information content (AvgIpc) is 2.64. The lowest BCUT2D eigenvalue weighted by Gasteiger charge is -2.06. The fraction of sp³-hybridized carbons (Fsp3) is 0.227. The molecule has 0 fully saturated rings. The molecule has 0 aliphatic rings. The number of para-hydroxylation sites is 1. The zero-order valence-corrected chi connectivity index (χ0v) is 16.2. The second-order valence-corrected chi connectivity index (χ2v) is 8.22. The van der Waals surface area contributed by atoms with Crippen molar-refractivity contribution in [2.45, 2.75) is 26.3 Å². The van der Waals surface area contributed by atoms with E-state index in [9.17, 15) is 13.0 Å². The number of pyridine rings is 1. The van der Waals surface area contributed by atoms with E-state index in [2.05, 4.69) is 66.1 Å². The van der Waals surface area contributed by atoms with Gasteiger partial charge in [0.2, 0.25) is 5.52 Å². The number of hydrogen-bond donors (Lipinski definition) is 0. The first-order chi connectivity index (χ1) is 12.9. The average molecular weight is 381 g/mol. The van der Waals surface area contributed by atoms with Gasteiger partial charge in [-0.25, -0.2) is 8.42 Å². The zero-order chi connectivity index (χ0) is 19.3. The monoisotopic (exact) mass is 381 g/mol. The van der Waals surface area contributed by atoms with Gasteiger partial charge in [-0.15, -0.1) is 0 Å². The molecule has 140 valence electrons. The zero-order valence-electron chi connectivity index (χ0n) is 15.3. The van der Waals surface area contributed by atoms with E-state index in [0.717, 1.165) is 22.0 Å². The molecule has 0 bridgehead atoms. The van der Waals surface area contributed by atoms with Gasteiger partial charge in [-0.1, -0.05) is 54.1 Å². The number of unbranched alkanes of at least 4 members (excludes halogenated alkanes) is 1. The summed E-state index contributed by atoms with van der Waals surface area (Å²) in [6.45, 7) is 2.75. The summed E-state index contributed by atoms with van der Waals surface area (Å²) in [7, 11) is -4.13. The normalized spacial score (nSPS) is 12.1. The van der Waals surface area contributed by atoms with Crippen molar-refractivity contribution in [2.24, 2.45) is 0 Å². The SMILES string of the molecule is Cc1ccc(/C=C/c2cc[n+](CCCCS(=O)(=O)[O-])c3ccccc23)cc1. The molecular formula is C22H23NO3S.